The highest BCUT2D eigenvalue weighted by Crippen LogP contribution is 2.14. The van der Waals surface area contributed by atoms with Gasteiger partial charge in [0.15, 0.2) is 6.61 Å². The average molecular weight is 367 g/mol. The first-order chi connectivity index (χ1) is 12.9. The number of anilines is 1. The van der Waals surface area contributed by atoms with Gasteiger partial charge in [-0.05, 0) is 60.9 Å². The largest absolute Gasteiger partial charge is 0.465 e. The van der Waals surface area contributed by atoms with Gasteiger partial charge < -0.3 is 14.8 Å². The summed E-state index contributed by atoms with van der Waals surface area (Å²) in [6.07, 6.45) is 2.75. The van der Waals surface area contributed by atoms with Crippen LogP contribution in [-0.2, 0) is 19.1 Å². The zero-order chi connectivity index (χ0) is 19.8. The molecule has 27 heavy (non-hydrogen) atoms. The molecule has 0 aliphatic heterocycles. The molecule has 1 amide bonds. The minimum absolute atomic E-state index is 0.378. The molecule has 140 valence electrons. The second kappa shape index (κ2) is 9.33. The van der Waals surface area contributed by atoms with Crippen molar-refractivity contribution in [1.29, 1.82) is 0 Å². The quantitative estimate of drug-likeness (QED) is 0.626. The molecular weight excluding hydrogens is 346 g/mol. The maximum absolute atomic E-state index is 11.9. The van der Waals surface area contributed by atoms with Crippen molar-refractivity contribution in [2.45, 2.75) is 13.8 Å². The Morgan fingerprint density at radius 3 is 2.33 bits per heavy atom. The van der Waals surface area contributed by atoms with E-state index >= 15 is 0 Å². The van der Waals surface area contributed by atoms with Gasteiger partial charge in [0, 0.05) is 11.8 Å². The standard InChI is InChI=1S/C21H21NO5/c1-14-4-10-18(12-15(14)2)22-19(23)13-27-20(24)11-7-16-5-8-17(9-6-16)21(25)26-3/h4-12H,13H2,1-3H3,(H,22,23)/b11-7+. The summed E-state index contributed by atoms with van der Waals surface area (Å²) in [6, 6.07) is 12.1. The number of hydrogen-bond donors (Lipinski definition) is 1. The summed E-state index contributed by atoms with van der Waals surface area (Å²) in [7, 11) is 1.31. The monoisotopic (exact) mass is 367 g/mol. The van der Waals surface area contributed by atoms with Crippen molar-refractivity contribution in [3.63, 3.8) is 0 Å². The third-order valence-electron chi connectivity index (χ3n) is 3.88. The molecule has 0 unspecified atom stereocenters. The minimum atomic E-state index is -0.637. The highest BCUT2D eigenvalue weighted by molar-refractivity contribution is 5.95. The minimum Gasteiger partial charge on any atom is -0.465 e. The van der Waals surface area contributed by atoms with Gasteiger partial charge in [-0.25, -0.2) is 9.59 Å². The molecule has 0 fully saturated rings. The van der Waals surface area contributed by atoms with E-state index in [0.717, 1.165) is 11.1 Å². The summed E-state index contributed by atoms with van der Waals surface area (Å²) in [5.74, 6) is -1.48. The number of carbonyl (C=O) groups is 3. The Labute approximate surface area is 157 Å². The van der Waals surface area contributed by atoms with E-state index < -0.39 is 17.8 Å². The highest BCUT2D eigenvalue weighted by atomic mass is 16.5. The number of aryl methyl sites for hydroxylation is 2. The summed E-state index contributed by atoms with van der Waals surface area (Å²) < 4.78 is 9.53. The Balaban J connectivity index is 1.82. The normalized spacial score (nSPS) is 10.5. The summed E-state index contributed by atoms with van der Waals surface area (Å²) in [6.45, 7) is 3.56. The van der Waals surface area contributed by atoms with Crippen LogP contribution in [-0.4, -0.2) is 31.6 Å². The van der Waals surface area contributed by atoms with Crippen LogP contribution in [0.25, 0.3) is 6.08 Å². The molecule has 0 aliphatic rings. The SMILES string of the molecule is COC(=O)c1ccc(/C=C/C(=O)OCC(=O)Nc2ccc(C)c(C)c2)cc1. The maximum Gasteiger partial charge on any atom is 0.337 e. The van der Waals surface area contributed by atoms with Gasteiger partial charge in [0.25, 0.3) is 5.91 Å². The lowest BCUT2D eigenvalue weighted by molar-refractivity contribution is -0.142. The topological polar surface area (TPSA) is 81.7 Å². The van der Waals surface area contributed by atoms with Crippen molar-refractivity contribution in [2.24, 2.45) is 0 Å². The predicted molar refractivity (Wildman–Crippen MR) is 102 cm³/mol. The molecule has 0 atom stereocenters. The molecule has 2 aromatic carbocycles. The lowest BCUT2D eigenvalue weighted by Crippen LogP contribution is -2.20. The Hall–Kier alpha value is -3.41. The van der Waals surface area contributed by atoms with Gasteiger partial charge in [0.1, 0.15) is 0 Å². The molecule has 0 spiro atoms. The van der Waals surface area contributed by atoms with Crippen molar-refractivity contribution in [3.8, 4) is 0 Å². The number of carbonyl (C=O) groups excluding carboxylic acids is 3. The van der Waals surface area contributed by atoms with E-state index in [1.165, 1.54) is 19.3 Å². The molecule has 2 rings (SSSR count). The van der Waals surface area contributed by atoms with E-state index in [1.54, 1.807) is 30.3 Å². The van der Waals surface area contributed by atoms with E-state index in [-0.39, 0.29) is 6.61 Å². The van der Waals surface area contributed by atoms with Gasteiger partial charge in [-0.3, -0.25) is 4.79 Å². The maximum atomic E-state index is 11.9. The molecule has 6 heteroatoms. The van der Waals surface area contributed by atoms with Crippen LogP contribution >= 0.6 is 0 Å². The second-order valence-electron chi connectivity index (χ2n) is 5.90. The number of esters is 2. The Kier molecular flexibility index (Phi) is 6.88. The van der Waals surface area contributed by atoms with Gasteiger partial charge in [-0.2, -0.15) is 0 Å². The zero-order valence-corrected chi connectivity index (χ0v) is 15.4. The molecular formula is C21H21NO5. The first kappa shape index (κ1) is 19.9. The van der Waals surface area contributed by atoms with Crippen LogP contribution in [0.2, 0.25) is 0 Å². The summed E-state index contributed by atoms with van der Waals surface area (Å²) >= 11 is 0. The van der Waals surface area contributed by atoms with Crippen LogP contribution in [0, 0.1) is 13.8 Å². The van der Waals surface area contributed by atoms with E-state index in [0.29, 0.717) is 16.8 Å². The second-order valence-corrected chi connectivity index (χ2v) is 5.90. The van der Waals surface area contributed by atoms with Crippen LogP contribution in [0.1, 0.15) is 27.0 Å². The predicted octanol–water partition coefficient (Wildman–Crippen LogP) is 3.29. The number of amides is 1. The molecule has 1 N–H and O–H groups in total. The first-order valence-corrected chi connectivity index (χ1v) is 8.29. The van der Waals surface area contributed by atoms with Crippen molar-refractivity contribution in [2.75, 3.05) is 19.0 Å². The smallest absolute Gasteiger partial charge is 0.337 e. The Morgan fingerprint density at radius 1 is 1.00 bits per heavy atom. The molecule has 0 radical (unpaired) electrons. The molecule has 0 saturated heterocycles. The van der Waals surface area contributed by atoms with Crippen LogP contribution < -0.4 is 5.32 Å². The van der Waals surface area contributed by atoms with Gasteiger partial charge in [0.2, 0.25) is 0 Å². The zero-order valence-electron chi connectivity index (χ0n) is 15.4. The number of methoxy groups -OCH3 is 1. The van der Waals surface area contributed by atoms with E-state index in [9.17, 15) is 14.4 Å². The fourth-order valence-corrected chi connectivity index (χ4v) is 2.21. The van der Waals surface area contributed by atoms with Crippen LogP contribution in [0.4, 0.5) is 5.69 Å². The molecule has 0 saturated carbocycles. The average Bonchev–Trinajstić information content (AvgIpc) is 2.67. The lowest BCUT2D eigenvalue weighted by Gasteiger charge is -2.07. The molecule has 6 nitrogen and oxygen atoms in total. The van der Waals surface area contributed by atoms with Gasteiger partial charge in [0.05, 0.1) is 12.7 Å². The van der Waals surface area contributed by atoms with Crippen LogP contribution in [0.15, 0.2) is 48.5 Å². The summed E-state index contributed by atoms with van der Waals surface area (Å²) in [5.41, 5.74) is 3.97. The molecule has 0 aromatic heterocycles. The summed E-state index contributed by atoms with van der Waals surface area (Å²) in [5, 5.41) is 2.68. The van der Waals surface area contributed by atoms with Crippen molar-refractivity contribution >= 4 is 29.6 Å². The third kappa shape index (κ3) is 6.11. The van der Waals surface area contributed by atoms with Crippen LogP contribution in [0.3, 0.4) is 0 Å². The molecule has 0 bridgehead atoms. The fourth-order valence-electron chi connectivity index (χ4n) is 2.21. The van der Waals surface area contributed by atoms with Crippen molar-refractivity contribution < 1.29 is 23.9 Å². The molecule has 2 aromatic rings. The number of ether oxygens (including phenoxy) is 2. The first-order valence-electron chi connectivity index (χ1n) is 8.29. The third-order valence-corrected chi connectivity index (χ3v) is 3.88. The van der Waals surface area contributed by atoms with Gasteiger partial charge in [-0.1, -0.05) is 18.2 Å². The highest BCUT2D eigenvalue weighted by Gasteiger charge is 2.07. The van der Waals surface area contributed by atoms with Gasteiger partial charge >= 0.3 is 11.9 Å². The number of rotatable bonds is 6. The molecule has 0 aliphatic carbocycles. The molecule has 0 heterocycles. The number of benzene rings is 2. The summed E-state index contributed by atoms with van der Waals surface area (Å²) in [4.78, 5) is 34.9. The van der Waals surface area contributed by atoms with Crippen LogP contribution in [0.5, 0.6) is 0 Å². The number of hydrogen-bond acceptors (Lipinski definition) is 5. The van der Waals surface area contributed by atoms with Crippen molar-refractivity contribution in [1.82, 2.24) is 0 Å². The Bertz CT molecular complexity index is 869. The Morgan fingerprint density at radius 2 is 1.70 bits per heavy atom. The lowest BCUT2D eigenvalue weighted by atomic mass is 10.1. The van der Waals surface area contributed by atoms with E-state index in [1.807, 2.05) is 26.0 Å². The van der Waals surface area contributed by atoms with Crippen molar-refractivity contribution in [3.05, 3.63) is 70.8 Å². The fraction of sp³-hybridized carbons (Fsp3) is 0.190. The van der Waals surface area contributed by atoms with Gasteiger partial charge in [-0.15, -0.1) is 0 Å². The van der Waals surface area contributed by atoms with E-state index in [4.69, 9.17) is 4.74 Å². The van der Waals surface area contributed by atoms with E-state index in [2.05, 4.69) is 10.1 Å². The number of nitrogens with one attached hydrogen (secondary N) is 1.